The first kappa shape index (κ1) is 15.9. The number of nitrogens with two attached hydrogens (primary N) is 1. The van der Waals surface area contributed by atoms with Gasteiger partial charge < -0.3 is 25.5 Å². The molecule has 0 radical (unpaired) electrons. The number of carbonyl (C=O) groups excluding carboxylic acids is 1. The molecule has 1 aromatic heterocycles. The maximum Gasteiger partial charge on any atom is 0.407 e. The molecule has 0 aromatic carbocycles. The van der Waals surface area contributed by atoms with Gasteiger partial charge in [0, 0.05) is 12.3 Å². The number of hydrogen-bond acceptors (Lipinski definition) is 5. The van der Waals surface area contributed by atoms with E-state index in [-0.39, 0.29) is 23.8 Å². The maximum atomic E-state index is 11.5. The number of amides is 1. The lowest BCUT2D eigenvalue weighted by atomic mass is 10.2. The number of nitrogen functional groups attached to an aromatic ring is 1. The normalized spacial score (nSPS) is 12.6. The number of hydrogen-bond donors (Lipinski definition) is 3. The fourth-order valence-electron chi connectivity index (χ4n) is 1.31. The minimum Gasteiger partial charge on any atom is -0.477 e. The van der Waals surface area contributed by atoms with Gasteiger partial charge in [-0.2, -0.15) is 0 Å². The number of aromatic nitrogens is 1. The first-order chi connectivity index (χ1) is 9.17. The quantitative estimate of drug-likeness (QED) is 0.771. The van der Waals surface area contributed by atoms with E-state index in [1.807, 2.05) is 0 Å². The van der Waals surface area contributed by atoms with Crippen LogP contribution in [0.5, 0.6) is 5.88 Å². The third-order valence-electron chi connectivity index (χ3n) is 2.17. The van der Waals surface area contributed by atoms with Crippen molar-refractivity contribution in [3.63, 3.8) is 0 Å². The van der Waals surface area contributed by atoms with Gasteiger partial charge in [-0.3, -0.25) is 4.79 Å². The van der Waals surface area contributed by atoms with E-state index in [4.69, 9.17) is 15.2 Å². The summed E-state index contributed by atoms with van der Waals surface area (Å²) in [6.07, 6.45) is 0.850. The second-order valence-electron chi connectivity index (χ2n) is 5.48. The minimum absolute atomic E-state index is 0.122. The summed E-state index contributed by atoms with van der Waals surface area (Å²) in [4.78, 5) is 25.6. The highest BCUT2D eigenvalue weighted by molar-refractivity contribution is 5.68. The molecule has 1 heterocycles. The average molecular weight is 283 g/mol. The summed E-state index contributed by atoms with van der Waals surface area (Å²) in [5.74, 6) is 0.294. The molecule has 1 amide bonds. The van der Waals surface area contributed by atoms with Crippen molar-refractivity contribution >= 4 is 11.8 Å². The zero-order valence-electron chi connectivity index (χ0n) is 12.1. The van der Waals surface area contributed by atoms with Crippen LogP contribution in [0, 0.1) is 0 Å². The number of carbonyl (C=O) groups is 1. The number of alkyl carbamates (subject to hydrolysis) is 1. The van der Waals surface area contributed by atoms with Crippen LogP contribution >= 0.6 is 0 Å². The topological polar surface area (TPSA) is 106 Å². The first-order valence-electron chi connectivity index (χ1n) is 6.28. The SMILES string of the molecule is C[C@@H](COc1cc(=O)c(N)c[nH]1)NC(=O)OC(C)(C)C. The number of rotatable bonds is 4. The van der Waals surface area contributed by atoms with Crippen LogP contribution in [0.4, 0.5) is 10.5 Å². The van der Waals surface area contributed by atoms with Gasteiger partial charge in [0.2, 0.25) is 5.43 Å². The molecule has 7 heteroatoms. The molecule has 20 heavy (non-hydrogen) atoms. The van der Waals surface area contributed by atoms with Gasteiger partial charge in [0.25, 0.3) is 0 Å². The summed E-state index contributed by atoms with van der Waals surface area (Å²) in [5, 5.41) is 2.63. The van der Waals surface area contributed by atoms with Gasteiger partial charge in [-0.1, -0.05) is 0 Å². The lowest BCUT2D eigenvalue weighted by Gasteiger charge is -2.22. The number of H-pyrrole nitrogens is 1. The van der Waals surface area contributed by atoms with Crippen LogP contribution in [0.1, 0.15) is 27.7 Å². The van der Waals surface area contributed by atoms with Crippen molar-refractivity contribution in [3.05, 3.63) is 22.5 Å². The number of pyridine rings is 1. The highest BCUT2D eigenvalue weighted by Crippen LogP contribution is 2.07. The monoisotopic (exact) mass is 283 g/mol. The Morgan fingerprint density at radius 2 is 2.15 bits per heavy atom. The zero-order valence-corrected chi connectivity index (χ0v) is 12.1. The molecule has 0 saturated heterocycles. The molecular weight excluding hydrogens is 262 g/mol. The Labute approximate surface area is 117 Å². The second kappa shape index (κ2) is 6.31. The van der Waals surface area contributed by atoms with Crippen molar-refractivity contribution in [2.24, 2.45) is 0 Å². The molecule has 1 rings (SSSR count). The third kappa shape index (κ3) is 5.64. The Kier molecular flexibility index (Phi) is 5.01. The molecule has 112 valence electrons. The first-order valence-corrected chi connectivity index (χ1v) is 6.28. The Balaban J connectivity index is 2.43. The van der Waals surface area contributed by atoms with Gasteiger partial charge in [0.1, 0.15) is 12.2 Å². The van der Waals surface area contributed by atoms with Gasteiger partial charge in [-0.25, -0.2) is 4.79 Å². The van der Waals surface area contributed by atoms with E-state index in [9.17, 15) is 9.59 Å². The van der Waals surface area contributed by atoms with Crippen LogP contribution in [-0.2, 0) is 4.74 Å². The second-order valence-corrected chi connectivity index (χ2v) is 5.48. The van der Waals surface area contributed by atoms with E-state index in [0.717, 1.165) is 0 Å². The molecule has 0 bridgehead atoms. The molecule has 0 aliphatic rings. The van der Waals surface area contributed by atoms with Gasteiger partial charge in [0.15, 0.2) is 5.88 Å². The highest BCUT2D eigenvalue weighted by Gasteiger charge is 2.17. The molecule has 0 fully saturated rings. The number of ether oxygens (including phenoxy) is 2. The molecule has 7 nitrogen and oxygen atoms in total. The third-order valence-corrected chi connectivity index (χ3v) is 2.17. The van der Waals surface area contributed by atoms with E-state index in [2.05, 4.69) is 10.3 Å². The van der Waals surface area contributed by atoms with Crippen molar-refractivity contribution in [1.82, 2.24) is 10.3 Å². The summed E-state index contributed by atoms with van der Waals surface area (Å²) in [5.41, 5.74) is 4.66. The molecule has 0 unspecified atom stereocenters. The van der Waals surface area contributed by atoms with Crippen LogP contribution in [0.15, 0.2) is 17.1 Å². The number of aromatic amines is 1. The van der Waals surface area contributed by atoms with Crippen LogP contribution < -0.4 is 21.2 Å². The van der Waals surface area contributed by atoms with E-state index in [1.165, 1.54) is 12.3 Å². The fourth-order valence-corrected chi connectivity index (χ4v) is 1.31. The van der Waals surface area contributed by atoms with Gasteiger partial charge in [0.05, 0.1) is 11.7 Å². The molecule has 0 aliphatic carbocycles. The van der Waals surface area contributed by atoms with Gasteiger partial charge in [-0.15, -0.1) is 0 Å². The number of anilines is 1. The summed E-state index contributed by atoms with van der Waals surface area (Å²) in [6, 6.07) is 0.987. The summed E-state index contributed by atoms with van der Waals surface area (Å²) in [6.45, 7) is 7.31. The largest absolute Gasteiger partial charge is 0.477 e. The molecular formula is C13H21N3O4. The Morgan fingerprint density at radius 3 is 2.70 bits per heavy atom. The van der Waals surface area contributed by atoms with Gasteiger partial charge >= 0.3 is 6.09 Å². The van der Waals surface area contributed by atoms with E-state index >= 15 is 0 Å². The van der Waals surface area contributed by atoms with Crippen LogP contribution in [-0.4, -0.2) is 29.3 Å². The van der Waals surface area contributed by atoms with E-state index < -0.39 is 11.7 Å². The molecule has 4 N–H and O–H groups in total. The van der Waals surface area contributed by atoms with Crippen molar-refractivity contribution in [1.29, 1.82) is 0 Å². The summed E-state index contributed by atoms with van der Waals surface area (Å²) < 4.78 is 10.5. The highest BCUT2D eigenvalue weighted by atomic mass is 16.6. The Bertz CT molecular complexity index is 519. The van der Waals surface area contributed by atoms with E-state index in [0.29, 0.717) is 5.88 Å². The van der Waals surface area contributed by atoms with Gasteiger partial charge in [-0.05, 0) is 27.7 Å². The van der Waals surface area contributed by atoms with Crippen molar-refractivity contribution in [2.45, 2.75) is 39.3 Å². The molecule has 0 aliphatic heterocycles. The lowest BCUT2D eigenvalue weighted by molar-refractivity contribution is 0.0493. The molecule has 1 atom stereocenters. The lowest BCUT2D eigenvalue weighted by Crippen LogP contribution is -2.40. The summed E-state index contributed by atoms with van der Waals surface area (Å²) in [7, 11) is 0. The predicted octanol–water partition coefficient (Wildman–Crippen LogP) is 1.25. The predicted molar refractivity (Wildman–Crippen MR) is 75.8 cm³/mol. The van der Waals surface area contributed by atoms with Crippen molar-refractivity contribution < 1.29 is 14.3 Å². The average Bonchev–Trinajstić information content (AvgIpc) is 2.28. The number of nitrogens with one attached hydrogen (secondary N) is 2. The zero-order chi connectivity index (χ0) is 15.3. The van der Waals surface area contributed by atoms with Crippen LogP contribution in [0.2, 0.25) is 0 Å². The Morgan fingerprint density at radius 1 is 1.50 bits per heavy atom. The molecule has 0 spiro atoms. The smallest absolute Gasteiger partial charge is 0.407 e. The minimum atomic E-state index is -0.549. The standard InChI is InChI=1S/C13H21N3O4/c1-8(16-12(18)20-13(2,3)4)7-19-11-5-10(17)9(14)6-15-11/h5-6,8H,7,14H2,1-4H3,(H,15,17)(H,16,18)/t8-/m0/s1. The Hall–Kier alpha value is -2.18. The molecule has 0 saturated carbocycles. The summed E-state index contributed by atoms with van der Waals surface area (Å²) >= 11 is 0. The van der Waals surface area contributed by atoms with Crippen LogP contribution in [0.25, 0.3) is 0 Å². The maximum absolute atomic E-state index is 11.5. The molecule has 1 aromatic rings. The fraction of sp³-hybridized carbons (Fsp3) is 0.538. The van der Waals surface area contributed by atoms with Crippen molar-refractivity contribution in [2.75, 3.05) is 12.3 Å². The van der Waals surface area contributed by atoms with Crippen LogP contribution in [0.3, 0.4) is 0 Å². The van der Waals surface area contributed by atoms with Crippen molar-refractivity contribution in [3.8, 4) is 5.88 Å². The van der Waals surface area contributed by atoms with E-state index in [1.54, 1.807) is 27.7 Å².